The predicted molar refractivity (Wildman–Crippen MR) is 81.6 cm³/mol. The summed E-state index contributed by atoms with van der Waals surface area (Å²) in [5, 5.41) is 12.3. The van der Waals surface area contributed by atoms with Crippen molar-refractivity contribution < 1.29 is 4.42 Å². The van der Waals surface area contributed by atoms with Crippen molar-refractivity contribution >= 4 is 0 Å². The minimum Gasteiger partial charge on any atom is -0.464 e. The average Bonchev–Trinajstić information content (AvgIpc) is 3.06. The first-order valence-corrected chi connectivity index (χ1v) is 7.49. The lowest BCUT2D eigenvalue weighted by Crippen LogP contribution is -2.17. The van der Waals surface area contributed by atoms with Gasteiger partial charge in [-0.2, -0.15) is 5.26 Å². The topological polar surface area (TPSA) is 49.0 Å². The van der Waals surface area contributed by atoms with Crippen LogP contribution in [0.15, 0.2) is 40.8 Å². The average molecular weight is 280 g/mol. The van der Waals surface area contributed by atoms with Crippen LogP contribution in [0.4, 0.5) is 0 Å². The molecule has 1 heterocycles. The lowest BCUT2D eigenvalue weighted by atomic mass is 10.1. The molecule has 3 atom stereocenters. The molecule has 1 aliphatic rings. The summed E-state index contributed by atoms with van der Waals surface area (Å²) < 4.78 is 5.90. The van der Waals surface area contributed by atoms with E-state index in [1.165, 1.54) is 12.0 Å². The van der Waals surface area contributed by atoms with Gasteiger partial charge in [0.25, 0.3) is 0 Å². The molecule has 3 nitrogen and oxygen atoms in total. The zero-order chi connectivity index (χ0) is 14.8. The molecular weight excluding hydrogens is 260 g/mol. The van der Waals surface area contributed by atoms with Crippen LogP contribution in [0.1, 0.15) is 54.9 Å². The molecule has 3 rings (SSSR count). The molecular formula is C18H20N2O. The molecule has 1 aliphatic carbocycles. The Labute approximate surface area is 125 Å². The fourth-order valence-corrected chi connectivity index (χ4v) is 2.63. The van der Waals surface area contributed by atoms with Crippen molar-refractivity contribution in [3.63, 3.8) is 0 Å². The monoisotopic (exact) mass is 280 g/mol. The molecule has 3 heteroatoms. The van der Waals surface area contributed by atoms with E-state index in [1.807, 2.05) is 24.3 Å². The van der Waals surface area contributed by atoms with E-state index >= 15 is 0 Å². The van der Waals surface area contributed by atoms with Crippen LogP contribution in [-0.4, -0.2) is 0 Å². The largest absolute Gasteiger partial charge is 0.464 e. The third-order valence-electron chi connectivity index (χ3n) is 4.28. The van der Waals surface area contributed by atoms with Gasteiger partial charge in [-0.25, -0.2) is 0 Å². The molecule has 2 aromatic rings. The normalized spacial score (nSPS) is 21.8. The maximum absolute atomic E-state index is 8.81. The summed E-state index contributed by atoms with van der Waals surface area (Å²) in [6, 6.07) is 14.2. The second-order valence-electron chi connectivity index (χ2n) is 5.96. The van der Waals surface area contributed by atoms with Gasteiger partial charge in [0.15, 0.2) is 0 Å². The lowest BCUT2D eigenvalue weighted by Gasteiger charge is -2.13. The Balaban J connectivity index is 1.56. The first kappa shape index (κ1) is 13.9. The molecule has 0 bridgehead atoms. The van der Waals surface area contributed by atoms with Crippen molar-refractivity contribution in [2.45, 2.75) is 38.8 Å². The Bertz CT molecular complexity index is 651. The fraction of sp³-hybridized carbons (Fsp3) is 0.389. The van der Waals surface area contributed by atoms with Gasteiger partial charge >= 0.3 is 0 Å². The van der Waals surface area contributed by atoms with Crippen LogP contribution >= 0.6 is 0 Å². The molecule has 1 aromatic carbocycles. The van der Waals surface area contributed by atoms with E-state index < -0.39 is 0 Å². The predicted octanol–water partition coefficient (Wildman–Crippen LogP) is 4.13. The number of furan rings is 1. The van der Waals surface area contributed by atoms with Crippen LogP contribution in [0.2, 0.25) is 0 Å². The highest BCUT2D eigenvalue weighted by molar-refractivity contribution is 5.32. The minimum absolute atomic E-state index is 0.228. The van der Waals surface area contributed by atoms with E-state index in [0.29, 0.717) is 11.5 Å². The number of benzene rings is 1. The summed E-state index contributed by atoms with van der Waals surface area (Å²) in [6.45, 7) is 5.11. The van der Waals surface area contributed by atoms with Crippen LogP contribution in [0.5, 0.6) is 0 Å². The Morgan fingerprint density at radius 3 is 2.62 bits per heavy atom. The van der Waals surface area contributed by atoms with Gasteiger partial charge in [0.1, 0.15) is 11.5 Å². The third-order valence-corrected chi connectivity index (χ3v) is 4.28. The molecule has 1 aromatic heterocycles. The van der Waals surface area contributed by atoms with E-state index in [9.17, 15) is 0 Å². The third kappa shape index (κ3) is 3.17. The van der Waals surface area contributed by atoms with Gasteiger partial charge in [0.05, 0.1) is 18.2 Å². The highest BCUT2D eigenvalue weighted by Crippen LogP contribution is 2.47. The molecule has 3 unspecified atom stereocenters. The highest BCUT2D eigenvalue weighted by atomic mass is 16.3. The second kappa shape index (κ2) is 5.75. The van der Waals surface area contributed by atoms with Crippen molar-refractivity contribution in [1.82, 2.24) is 5.32 Å². The van der Waals surface area contributed by atoms with Crippen LogP contribution < -0.4 is 5.32 Å². The summed E-state index contributed by atoms with van der Waals surface area (Å²) in [6.07, 6.45) is 1.25. The van der Waals surface area contributed by atoms with Gasteiger partial charge in [0, 0.05) is 12.0 Å². The Hall–Kier alpha value is -2.05. The number of nitriles is 1. The quantitative estimate of drug-likeness (QED) is 0.896. The van der Waals surface area contributed by atoms with Crippen LogP contribution in [0, 0.1) is 17.2 Å². The number of hydrogen-bond acceptors (Lipinski definition) is 3. The zero-order valence-electron chi connectivity index (χ0n) is 12.5. The van der Waals surface area contributed by atoms with E-state index in [-0.39, 0.29) is 6.04 Å². The van der Waals surface area contributed by atoms with Crippen molar-refractivity contribution in [1.29, 1.82) is 5.26 Å². The van der Waals surface area contributed by atoms with Gasteiger partial charge < -0.3 is 9.73 Å². The maximum Gasteiger partial charge on any atom is 0.117 e. The molecule has 1 fully saturated rings. The van der Waals surface area contributed by atoms with E-state index in [0.717, 1.165) is 24.0 Å². The molecule has 0 amide bonds. The van der Waals surface area contributed by atoms with Crippen LogP contribution in [0.25, 0.3) is 0 Å². The van der Waals surface area contributed by atoms with E-state index in [1.54, 1.807) is 0 Å². The Kier molecular flexibility index (Phi) is 3.81. The Morgan fingerprint density at radius 1 is 1.29 bits per heavy atom. The molecule has 108 valence electrons. The molecule has 0 saturated heterocycles. The number of nitrogens with one attached hydrogen (secondary N) is 1. The summed E-state index contributed by atoms with van der Waals surface area (Å²) in [5.41, 5.74) is 1.87. The van der Waals surface area contributed by atoms with E-state index in [2.05, 4.69) is 37.4 Å². The summed E-state index contributed by atoms with van der Waals surface area (Å²) in [4.78, 5) is 0. The first-order valence-electron chi connectivity index (χ1n) is 7.49. The van der Waals surface area contributed by atoms with Gasteiger partial charge in [-0.1, -0.05) is 19.1 Å². The van der Waals surface area contributed by atoms with Gasteiger partial charge in [-0.3, -0.25) is 0 Å². The number of nitrogens with zero attached hydrogens (tertiary/aromatic N) is 1. The van der Waals surface area contributed by atoms with Gasteiger partial charge in [-0.15, -0.1) is 0 Å². The highest BCUT2D eigenvalue weighted by Gasteiger charge is 2.36. The standard InChI is InChI=1S/C18H20N2O/c1-12-9-17(12)18-8-7-16(21-18)11-20-13(2)15-5-3-14(10-19)4-6-15/h3-8,12-13,17,20H,9,11H2,1-2H3. The summed E-state index contributed by atoms with van der Waals surface area (Å²) in [7, 11) is 0. The van der Waals surface area contributed by atoms with Crippen LogP contribution in [0.3, 0.4) is 0 Å². The zero-order valence-corrected chi connectivity index (χ0v) is 12.5. The summed E-state index contributed by atoms with van der Waals surface area (Å²) in [5.74, 6) is 3.53. The first-order chi connectivity index (χ1) is 10.2. The van der Waals surface area contributed by atoms with Gasteiger partial charge in [0.2, 0.25) is 0 Å². The number of hydrogen-bond donors (Lipinski definition) is 1. The second-order valence-corrected chi connectivity index (χ2v) is 5.96. The van der Waals surface area contributed by atoms with Gasteiger partial charge in [-0.05, 0) is 49.1 Å². The van der Waals surface area contributed by atoms with Crippen molar-refractivity contribution in [3.8, 4) is 6.07 Å². The fourth-order valence-electron chi connectivity index (χ4n) is 2.63. The Morgan fingerprint density at radius 2 is 2.00 bits per heavy atom. The minimum atomic E-state index is 0.228. The van der Waals surface area contributed by atoms with Crippen molar-refractivity contribution in [2.75, 3.05) is 0 Å². The molecule has 0 spiro atoms. The lowest BCUT2D eigenvalue weighted by molar-refractivity contribution is 0.430. The van der Waals surface area contributed by atoms with Crippen molar-refractivity contribution in [2.24, 2.45) is 5.92 Å². The summed E-state index contributed by atoms with van der Waals surface area (Å²) >= 11 is 0. The van der Waals surface area contributed by atoms with Crippen LogP contribution in [-0.2, 0) is 6.54 Å². The molecule has 1 saturated carbocycles. The van der Waals surface area contributed by atoms with E-state index in [4.69, 9.17) is 9.68 Å². The smallest absolute Gasteiger partial charge is 0.117 e. The number of rotatable bonds is 5. The molecule has 0 aliphatic heterocycles. The maximum atomic E-state index is 8.81. The molecule has 1 N–H and O–H groups in total. The SMILES string of the molecule is CC(NCc1ccc(C2CC2C)o1)c1ccc(C#N)cc1. The van der Waals surface area contributed by atoms with Crippen molar-refractivity contribution in [3.05, 3.63) is 59.0 Å². The molecule has 21 heavy (non-hydrogen) atoms. The molecule has 0 radical (unpaired) electrons.